The van der Waals surface area contributed by atoms with Gasteiger partial charge in [-0.15, -0.1) is 0 Å². The van der Waals surface area contributed by atoms with Gasteiger partial charge in [0.1, 0.15) is 5.75 Å². The Kier molecular flexibility index (Phi) is 3.89. The molecular formula is C11H18N2O. The highest BCUT2D eigenvalue weighted by Gasteiger charge is 2.07. The lowest BCUT2D eigenvalue weighted by Crippen LogP contribution is -2.07. The summed E-state index contributed by atoms with van der Waals surface area (Å²) < 4.78 is 5.62. The third-order valence-electron chi connectivity index (χ3n) is 2.08. The molecule has 0 saturated carbocycles. The fourth-order valence-electron chi connectivity index (χ4n) is 1.41. The molecule has 78 valence electrons. The van der Waals surface area contributed by atoms with Gasteiger partial charge in [0.2, 0.25) is 0 Å². The lowest BCUT2D eigenvalue weighted by atomic mass is 10.1. The van der Waals surface area contributed by atoms with Gasteiger partial charge in [-0.3, -0.25) is 4.98 Å². The van der Waals surface area contributed by atoms with Gasteiger partial charge in [0, 0.05) is 29.6 Å². The van der Waals surface area contributed by atoms with Crippen LogP contribution in [0.15, 0.2) is 6.07 Å². The van der Waals surface area contributed by atoms with Crippen molar-refractivity contribution in [3.63, 3.8) is 0 Å². The monoisotopic (exact) mass is 194 g/mol. The molecule has 3 heteroatoms. The maximum absolute atomic E-state index is 5.65. The molecule has 1 rings (SSSR count). The molecule has 0 saturated heterocycles. The van der Waals surface area contributed by atoms with Crippen LogP contribution in [0, 0.1) is 13.8 Å². The number of hydrogen-bond acceptors (Lipinski definition) is 3. The van der Waals surface area contributed by atoms with Gasteiger partial charge in [-0.25, -0.2) is 0 Å². The van der Waals surface area contributed by atoms with Crippen LogP contribution in [0.2, 0.25) is 0 Å². The van der Waals surface area contributed by atoms with E-state index in [4.69, 9.17) is 10.5 Å². The summed E-state index contributed by atoms with van der Waals surface area (Å²) in [5, 5.41) is 0. The molecule has 0 amide bonds. The van der Waals surface area contributed by atoms with Crippen LogP contribution in [0.5, 0.6) is 5.75 Å². The zero-order valence-corrected chi connectivity index (χ0v) is 9.13. The maximum Gasteiger partial charge on any atom is 0.127 e. The molecule has 3 nitrogen and oxygen atoms in total. The Bertz CT molecular complexity index is 310. The molecule has 1 aromatic rings. The van der Waals surface area contributed by atoms with E-state index in [0.29, 0.717) is 6.54 Å². The Morgan fingerprint density at radius 1 is 1.43 bits per heavy atom. The van der Waals surface area contributed by atoms with E-state index in [1.165, 1.54) is 0 Å². The van der Waals surface area contributed by atoms with Crippen molar-refractivity contribution in [1.82, 2.24) is 4.98 Å². The SMILES string of the molecule is CCCOc1cc(C)nc(C)c1CN. The predicted octanol–water partition coefficient (Wildman–Crippen LogP) is 1.95. The highest BCUT2D eigenvalue weighted by molar-refractivity contribution is 5.37. The number of pyridine rings is 1. The van der Waals surface area contributed by atoms with Gasteiger partial charge in [0.25, 0.3) is 0 Å². The second kappa shape index (κ2) is 4.96. The van der Waals surface area contributed by atoms with Crippen molar-refractivity contribution in [3.05, 3.63) is 23.0 Å². The minimum atomic E-state index is 0.484. The van der Waals surface area contributed by atoms with Crippen LogP contribution in [-0.4, -0.2) is 11.6 Å². The molecular weight excluding hydrogens is 176 g/mol. The minimum absolute atomic E-state index is 0.484. The lowest BCUT2D eigenvalue weighted by molar-refractivity contribution is 0.313. The Hall–Kier alpha value is -1.09. The second-order valence-electron chi connectivity index (χ2n) is 3.38. The third-order valence-corrected chi connectivity index (χ3v) is 2.08. The number of aryl methyl sites for hydroxylation is 2. The molecule has 0 atom stereocenters. The number of rotatable bonds is 4. The molecule has 0 aliphatic carbocycles. The van der Waals surface area contributed by atoms with Crippen LogP contribution in [-0.2, 0) is 6.54 Å². The number of aromatic nitrogens is 1. The van der Waals surface area contributed by atoms with E-state index in [1.54, 1.807) is 0 Å². The zero-order valence-electron chi connectivity index (χ0n) is 9.13. The average molecular weight is 194 g/mol. The van der Waals surface area contributed by atoms with Crippen LogP contribution in [0.3, 0.4) is 0 Å². The number of ether oxygens (including phenoxy) is 1. The van der Waals surface area contributed by atoms with E-state index in [2.05, 4.69) is 11.9 Å². The highest BCUT2D eigenvalue weighted by atomic mass is 16.5. The molecule has 1 heterocycles. The largest absolute Gasteiger partial charge is 0.493 e. The number of nitrogens with two attached hydrogens (primary N) is 1. The molecule has 2 N–H and O–H groups in total. The number of hydrogen-bond donors (Lipinski definition) is 1. The van der Waals surface area contributed by atoms with E-state index in [1.807, 2.05) is 19.9 Å². The van der Waals surface area contributed by atoms with Gasteiger partial charge in [-0.05, 0) is 20.3 Å². The second-order valence-corrected chi connectivity index (χ2v) is 3.38. The summed E-state index contributed by atoms with van der Waals surface area (Å²) in [5.41, 5.74) is 8.62. The van der Waals surface area contributed by atoms with E-state index < -0.39 is 0 Å². The first-order chi connectivity index (χ1) is 6.69. The summed E-state index contributed by atoms with van der Waals surface area (Å²) >= 11 is 0. The molecule has 0 bridgehead atoms. The maximum atomic E-state index is 5.65. The molecule has 14 heavy (non-hydrogen) atoms. The quantitative estimate of drug-likeness (QED) is 0.797. The van der Waals surface area contributed by atoms with Gasteiger partial charge in [0.15, 0.2) is 0 Å². The molecule has 0 aliphatic rings. The van der Waals surface area contributed by atoms with Gasteiger partial charge in [-0.2, -0.15) is 0 Å². The first-order valence-corrected chi connectivity index (χ1v) is 4.99. The molecule has 0 spiro atoms. The summed E-state index contributed by atoms with van der Waals surface area (Å²) in [7, 11) is 0. The molecule has 0 aromatic carbocycles. The topological polar surface area (TPSA) is 48.1 Å². The van der Waals surface area contributed by atoms with Gasteiger partial charge in [-0.1, -0.05) is 6.92 Å². The normalized spacial score (nSPS) is 10.3. The van der Waals surface area contributed by atoms with Crippen LogP contribution in [0.25, 0.3) is 0 Å². The van der Waals surface area contributed by atoms with Crippen molar-refractivity contribution in [1.29, 1.82) is 0 Å². The zero-order chi connectivity index (χ0) is 10.6. The van der Waals surface area contributed by atoms with Gasteiger partial charge >= 0.3 is 0 Å². The van der Waals surface area contributed by atoms with E-state index in [-0.39, 0.29) is 0 Å². The Morgan fingerprint density at radius 2 is 2.14 bits per heavy atom. The Labute approximate surface area is 85.3 Å². The Morgan fingerprint density at radius 3 is 2.71 bits per heavy atom. The molecule has 0 aliphatic heterocycles. The van der Waals surface area contributed by atoms with Crippen LogP contribution in [0.1, 0.15) is 30.3 Å². The van der Waals surface area contributed by atoms with E-state index >= 15 is 0 Å². The fourth-order valence-corrected chi connectivity index (χ4v) is 1.41. The molecule has 0 fully saturated rings. The van der Waals surface area contributed by atoms with Crippen molar-refractivity contribution in [2.45, 2.75) is 33.7 Å². The first-order valence-electron chi connectivity index (χ1n) is 4.99. The number of nitrogens with zero attached hydrogens (tertiary/aromatic N) is 1. The lowest BCUT2D eigenvalue weighted by Gasteiger charge is -2.12. The van der Waals surface area contributed by atoms with Crippen molar-refractivity contribution in [3.8, 4) is 5.75 Å². The average Bonchev–Trinajstić information content (AvgIpc) is 2.14. The van der Waals surface area contributed by atoms with E-state index in [9.17, 15) is 0 Å². The predicted molar refractivity (Wildman–Crippen MR) is 57.4 cm³/mol. The summed E-state index contributed by atoms with van der Waals surface area (Å²) in [4.78, 5) is 4.35. The van der Waals surface area contributed by atoms with Crippen LogP contribution in [0.4, 0.5) is 0 Å². The minimum Gasteiger partial charge on any atom is -0.493 e. The molecule has 0 radical (unpaired) electrons. The Balaban J connectivity index is 2.99. The van der Waals surface area contributed by atoms with E-state index in [0.717, 1.165) is 35.7 Å². The highest BCUT2D eigenvalue weighted by Crippen LogP contribution is 2.21. The van der Waals surface area contributed by atoms with Gasteiger partial charge < -0.3 is 10.5 Å². The smallest absolute Gasteiger partial charge is 0.127 e. The van der Waals surface area contributed by atoms with Crippen LogP contribution < -0.4 is 10.5 Å². The summed E-state index contributed by atoms with van der Waals surface area (Å²) in [6.45, 7) is 7.23. The molecule has 0 unspecified atom stereocenters. The summed E-state index contributed by atoms with van der Waals surface area (Å²) in [6, 6.07) is 1.95. The molecule has 1 aromatic heterocycles. The van der Waals surface area contributed by atoms with Crippen molar-refractivity contribution in [2.24, 2.45) is 5.73 Å². The third kappa shape index (κ3) is 2.45. The van der Waals surface area contributed by atoms with Gasteiger partial charge in [0.05, 0.1) is 6.61 Å². The fraction of sp³-hybridized carbons (Fsp3) is 0.545. The first kappa shape index (κ1) is 11.0. The van der Waals surface area contributed by atoms with Crippen molar-refractivity contribution < 1.29 is 4.74 Å². The summed E-state index contributed by atoms with van der Waals surface area (Å²) in [6.07, 6.45) is 1.00. The standard InChI is InChI=1S/C11H18N2O/c1-4-5-14-11-6-8(2)13-9(3)10(11)7-12/h6H,4-5,7,12H2,1-3H3. The van der Waals surface area contributed by atoms with Crippen LogP contribution >= 0.6 is 0 Å². The van der Waals surface area contributed by atoms with Crippen molar-refractivity contribution in [2.75, 3.05) is 6.61 Å². The van der Waals surface area contributed by atoms with Crippen molar-refractivity contribution >= 4 is 0 Å². The summed E-state index contributed by atoms with van der Waals surface area (Å²) in [5.74, 6) is 0.888.